The van der Waals surface area contributed by atoms with Crippen LogP contribution in [-0.2, 0) is 16.1 Å². The van der Waals surface area contributed by atoms with E-state index in [2.05, 4.69) is 5.11 Å². The molecule has 0 aromatic heterocycles. The molecule has 4 rings (SSSR count). The fourth-order valence-electron chi connectivity index (χ4n) is 3.39. The smallest absolute Gasteiger partial charge is 0.494 e. The van der Waals surface area contributed by atoms with E-state index < -0.39 is 18.1 Å². The number of carbonyl (C=O) groups is 2. The van der Waals surface area contributed by atoms with Crippen molar-refractivity contribution < 1.29 is 19.0 Å². The Hall–Kier alpha value is -3.22. The maximum Gasteiger partial charge on any atom is 0.502 e. The molecule has 1 fully saturated rings. The zero-order chi connectivity index (χ0) is 18.8. The number of fused-ring (bicyclic) bond motifs is 1. The van der Waals surface area contributed by atoms with E-state index in [1.807, 2.05) is 66.4 Å². The highest BCUT2D eigenvalue weighted by Gasteiger charge is 2.49. The summed E-state index contributed by atoms with van der Waals surface area (Å²) in [5.41, 5.74) is 1.87. The second kappa shape index (κ2) is 7.19. The van der Waals surface area contributed by atoms with Crippen LogP contribution in [0.15, 0.2) is 59.7 Å². The van der Waals surface area contributed by atoms with Crippen molar-refractivity contribution in [3.05, 3.63) is 60.2 Å². The van der Waals surface area contributed by atoms with E-state index in [-0.39, 0.29) is 6.54 Å². The van der Waals surface area contributed by atoms with Crippen molar-refractivity contribution in [3.8, 4) is 5.75 Å². The van der Waals surface area contributed by atoms with Crippen LogP contribution in [0, 0.1) is 0 Å². The Kier molecular flexibility index (Phi) is 4.58. The molecule has 0 spiro atoms. The molecule has 2 aromatic carbocycles. The number of carbonyl (C=O) groups excluding carboxylic acids is 2. The van der Waals surface area contributed by atoms with Crippen molar-refractivity contribution in [3.63, 3.8) is 0 Å². The minimum Gasteiger partial charge on any atom is -0.494 e. The number of hydrogen-bond acceptors (Lipinski definition) is 5. The summed E-state index contributed by atoms with van der Waals surface area (Å²) in [6.07, 6.45) is -0.503. The van der Waals surface area contributed by atoms with E-state index >= 15 is 0 Å². The van der Waals surface area contributed by atoms with Gasteiger partial charge in [0.1, 0.15) is 5.75 Å². The molecule has 7 heteroatoms. The lowest BCUT2D eigenvalue weighted by Crippen LogP contribution is -2.51. The molecule has 0 aliphatic carbocycles. The van der Waals surface area contributed by atoms with Crippen LogP contribution in [0.1, 0.15) is 12.5 Å². The standard InChI is InChI=1S/C20H21N4O3/c1-2-27-17-10-8-16(9-11-17)22-12-13-23-18(25)19(26)24(21-20(22)23)14-15-6-4-3-5-7-15/h3-11,20H,2,12-14H2,1H3/q+1. The summed E-state index contributed by atoms with van der Waals surface area (Å²) in [6.45, 7) is 3.94. The number of benzene rings is 2. The van der Waals surface area contributed by atoms with Gasteiger partial charge in [-0.1, -0.05) is 30.3 Å². The molecule has 0 bridgehead atoms. The van der Waals surface area contributed by atoms with E-state index in [1.165, 1.54) is 9.60 Å². The zero-order valence-corrected chi connectivity index (χ0v) is 15.1. The minimum absolute atomic E-state index is 0.285. The Bertz CT molecular complexity index is 880. The summed E-state index contributed by atoms with van der Waals surface area (Å²) in [5.74, 6) is -0.280. The van der Waals surface area contributed by atoms with Gasteiger partial charge in [0.25, 0.3) is 6.29 Å². The number of rotatable bonds is 5. The lowest BCUT2D eigenvalue weighted by molar-refractivity contribution is -0.534. The predicted molar refractivity (Wildman–Crippen MR) is 98.3 cm³/mol. The van der Waals surface area contributed by atoms with Crippen LogP contribution >= 0.6 is 0 Å². The second-order valence-electron chi connectivity index (χ2n) is 6.43. The normalized spacial score (nSPS) is 19.1. The van der Waals surface area contributed by atoms with Crippen LogP contribution in [0.25, 0.3) is 0 Å². The third kappa shape index (κ3) is 3.28. The van der Waals surface area contributed by atoms with Gasteiger partial charge < -0.3 is 9.64 Å². The number of hydrogen-bond donors (Lipinski definition) is 0. The van der Waals surface area contributed by atoms with Gasteiger partial charge in [0, 0.05) is 29.5 Å². The van der Waals surface area contributed by atoms with Crippen molar-refractivity contribution in [1.29, 1.82) is 0 Å². The maximum atomic E-state index is 12.6. The summed E-state index contributed by atoms with van der Waals surface area (Å²) in [5, 5.41) is 4.57. The fourth-order valence-corrected chi connectivity index (χ4v) is 3.39. The van der Waals surface area contributed by atoms with Gasteiger partial charge in [-0.15, -0.1) is 0 Å². The molecule has 138 valence electrons. The summed E-state index contributed by atoms with van der Waals surface area (Å²) in [4.78, 5) is 28.5. The molecule has 2 aromatic rings. The molecular weight excluding hydrogens is 344 g/mol. The van der Waals surface area contributed by atoms with Crippen LogP contribution in [0.2, 0.25) is 0 Å². The molecule has 27 heavy (non-hydrogen) atoms. The molecule has 0 saturated carbocycles. The quantitative estimate of drug-likeness (QED) is 0.602. The van der Waals surface area contributed by atoms with Gasteiger partial charge in [0.05, 0.1) is 6.61 Å². The highest BCUT2D eigenvalue weighted by Crippen LogP contribution is 2.28. The number of anilines is 1. The van der Waals surface area contributed by atoms with Gasteiger partial charge >= 0.3 is 11.8 Å². The Labute approximate surface area is 157 Å². The highest BCUT2D eigenvalue weighted by molar-refractivity contribution is 6.31. The van der Waals surface area contributed by atoms with E-state index in [9.17, 15) is 9.59 Å². The average Bonchev–Trinajstić information content (AvgIpc) is 3.11. The molecule has 1 atom stereocenters. The van der Waals surface area contributed by atoms with Crippen molar-refractivity contribution in [1.82, 2.24) is 4.90 Å². The second-order valence-corrected chi connectivity index (χ2v) is 6.43. The fraction of sp³-hybridized carbons (Fsp3) is 0.300. The Morgan fingerprint density at radius 1 is 1.04 bits per heavy atom. The monoisotopic (exact) mass is 365 g/mol. The Balaban J connectivity index is 1.61. The molecule has 1 saturated heterocycles. The van der Waals surface area contributed by atoms with Gasteiger partial charge in [0.15, 0.2) is 0 Å². The maximum absolute atomic E-state index is 12.6. The number of ether oxygens (including phenoxy) is 1. The van der Waals surface area contributed by atoms with Crippen LogP contribution in [-0.4, -0.2) is 47.4 Å². The first-order chi connectivity index (χ1) is 13.2. The molecule has 2 amide bonds. The van der Waals surface area contributed by atoms with Crippen molar-refractivity contribution in [2.45, 2.75) is 19.8 Å². The summed E-state index contributed by atoms with van der Waals surface area (Å²) in [6, 6.07) is 17.3. The SMILES string of the molecule is CCOc1ccc(N2CCN3C(=O)C(=O)[N+](Cc4ccccc4)=NC32)cc1. The van der Waals surface area contributed by atoms with Gasteiger partial charge in [0.2, 0.25) is 6.54 Å². The zero-order valence-electron chi connectivity index (χ0n) is 15.1. The predicted octanol–water partition coefficient (Wildman–Crippen LogP) is 2.22. The topological polar surface area (TPSA) is 65.2 Å². The average molecular weight is 365 g/mol. The van der Waals surface area contributed by atoms with Crippen LogP contribution in [0.5, 0.6) is 5.75 Å². The first-order valence-corrected chi connectivity index (χ1v) is 9.04. The van der Waals surface area contributed by atoms with E-state index in [0.717, 1.165) is 17.0 Å². The first-order valence-electron chi connectivity index (χ1n) is 9.04. The molecule has 0 radical (unpaired) electrons. The molecular formula is C20H21N4O3+. The van der Waals surface area contributed by atoms with Crippen molar-refractivity contribution in [2.24, 2.45) is 5.11 Å². The van der Waals surface area contributed by atoms with Crippen molar-refractivity contribution >= 4 is 17.5 Å². The lowest BCUT2D eigenvalue weighted by Gasteiger charge is -2.27. The minimum atomic E-state index is -0.580. The Morgan fingerprint density at radius 2 is 1.74 bits per heavy atom. The number of nitrogens with zero attached hydrogens (tertiary/aromatic N) is 4. The highest BCUT2D eigenvalue weighted by atomic mass is 16.5. The Morgan fingerprint density at radius 3 is 2.44 bits per heavy atom. The van der Waals surface area contributed by atoms with Gasteiger partial charge in [-0.2, -0.15) is 0 Å². The van der Waals surface area contributed by atoms with Crippen LogP contribution in [0.4, 0.5) is 5.69 Å². The largest absolute Gasteiger partial charge is 0.502 e. The van der Waals surface area contributed by atoms with Crippen molar-refractivity contribution in [2.75, 3.05) is 24.6 Å². The van der Waals surface area contributed by atoms with Gasteiger partial charge in [-0.05, 0) is 35.9 Å². The number of azo groups is 2. The van der Waals surface area contributed by atoms with E-state index in [0.29, 0.717) is 19.7 Å². The summed E-state index contributed by atoms with van der Waals surface area (Å²) in [7, 11) is 0. The van der Waals surface area contributed by atoms with Gasteiger partial charge in [-0.3, -0.25) is 9.69 Å². The van der Waals surface area contributed by atoms with E-state index in [4.69, 9.17) is 4.74 Å². The van der Waals surface area contributed by atoms with Crippen LogP contribution < -0.4 is 9.64 Å². The van der Waals surface area contributed by atoms with Crippen LogP contribution in [0.3, 0.4) is 0 Å². The third-order valence-corrected chi connectivity index (χ3v) is 4.71. The summed E-state index contributed by atoms with van der Waals surface area (Å²) < 4.78 is 6.77. The van der Waals surface area contributed by atoms with E-state index in [1.54, 1.807) is 0 Å². The first kappa shape index (κ1) is 17.2. The molecule has 2 aliphatic heterocycles. The van der Waals surface area contributed by atoms with Gasteiger partial charge in [-0.25, -0.2) is 4.79 Å². The lowest BCUT2D eigenvalue weighted by atomic mass is 10.2. The molecule has 1 unspecified atom stereocenters. The molecule has 2 aliphatic rings. The molecule has 7 nitrogen and oxygen atoms in total. The molecule has 0 N–H and O–H groups in total. The summed E-state index contributed by atoms with van der Waals surface area (Å²) >= 11 is 0. The third-order valence-electron chi connectivity index (χ3n) is 4.71. The molecule has 2 heterocycles. The number of amides is 2.